The van der Waals surface area contributed by atoms with Gasteiger partial charge in [0.05, 0.1) is 7.11 Å². The Morgan fingerprint density at radius 2 is 2.05 bits per heavy atom. The Morgan fingerprint density at radius 3 is 2.65 bits per heavy atom. The van der Waals surface area contributed by atoms with Gasteiger partial charge in [0.2, 0.25) is 0 Å². The lowest BCUT2D eigenvalue weighted by Crippen LogP contribution is -2.36. The Bertz CT molecular complexity index is 435. The fraction of sp³-hybridized carbons (Fsp3) is 0.625. The van der Waals surface area contributed by atoms with Crippen LogP contribution in [0.2, 0.25) is 0 Å². The summed E-state index contributed by atoms with van der Waals surface area (Å²) in [6, 6.07) is 8.66. The zero-order valence-corrected chi connectivity index (χ0v) is 13.0. The van der Waals surface area contributed by atoms with Crippen LogP contribution >= 0.6 is 0 Å². The fourth-order valence-corrected chi connectivity index (χ4v) is 3.22. The van der Waals surface area contributed by atoms with E-state index in [1.54, 1.807) is 7.11 Å². The third kappa shape index (κ3) is 3.32. The quantitative estimate of drug-likeness (QED) is 0.887. The molecule has 0 spiro atoms. The first-order valence-corrected chi connectivity index (χ1v) is 7.30. The van der Waals surface area contributed by atoms with Gasteiger partial charge >= 0.3 is 0 Å². The van der Waals surface area contributed by atoms with Crippen molar-refractivity contribution in [3.63, 3.8) is 0 Å². The zero-order valence-electron chi connectivity index (χ0n) is 13.0. The van der Waals surface area contributed by atoms with Crippen molar-refractivity contribution in [3.8, 4) is 5.75 Å². The molecule has 2 rings (SSSR count). The number of rotatable bonds is 5. The van der Waals surface area contributed by atoms with Crippen LogP contribution in [-0.4, -0.2) is 56.7 Å². The largest absolute Gasteiger partial charge is 0.496 e. The number of benzene rings is 1. The van der Waals surface area contributed by atoms with Crippen LogP contribution in [0.25, 0.3) is 0 Å². The molecule has 1 saturated heterocycles. The molecule has 1 aliphatic rings. The minimum absolute atomic E-state index is 0.000683. The SMILES string of the molecule is COc1ccccc1C(N)CN1CC(C)C(N(C)C)C1. The van der Waals surface area contributed by atoms with Gasteiger partial charge < -0.3 is 15.4 Å². The molecule has 112 valence electrons. The highest BCUT2D eigenvalue weighted by Crippen LogP contribution is 2.26. The van der Waals surface area contributed by atoms with Crippen molar-refractivity contribution in [2.45, 2.75) is 19.0 Å². The third-order valence-corrected chi connectivity index (χ3v) is 4.30. The topological polar surface area (TPSA) is 41.7 Å². The van der Waals surface area contributed by atoms with Crippen molar-refractivity contribution < 1.29 is 4.74 Å². The van der Waals surface area contributed by atoms with Crippen LogP contribution in [0, 0.1) is 5.92 Å². The maximum absolute atomic E-state index is 6.38. The maximum atomic E-state index is 6.38. The van der Waals surface area contributed by atoms with Gasteiger partial charge in [-0.05, 0) is 26.1 Å². The number of hydrogen-bond donors (Lipinski definition) is 1. The number of ether oxygens (including phenoxy) is 1. The zero-order chi connectivity index (χ0) is 14.7. The molecule has 0 saturated carbocycles. The second-order valence-corrected chi connectivity index (χ2v) is 6.08. The molecule has 3 unspecified atom stereocenters. The van der Waals surface area contributed by atoms with Crippen LogP contribution < -0.4 is 10.5 Å². The molecule has 0 bridgehead atoms. The highest BCUT2D eigenvalue weighted by atomic mass is 16.5. The van der Waals surface area contributed by atoms with Crippen LogP contribution in [0.3, 0.4) is 0 Å². The van der Waals surface area contributed by atoms with Crippen molar-refractivity contribution in [2.24, 2.45) is 11.7 Å². The van der Waals surface area contributed by atoms with Gasteiger partial charge in [-0.25, -0.2) is 0 Å². The lowest BCUT2D eigenvalue weighted by atomic mass is 10.1. The van der Waals surface area contributed by atoms with E-state index in [0.717, 1.165) is 30.9 Å². The molecule has 20 heavy (non-hydrogen) atoms. The molecule has 2 N–H and O–H groups in total. The Morgan fingerprint density at radius 1 is 1.35 bits per heavy atom. The number of likely N-dealkylation sites (tertiary alicyclic amines) is 1. The summed E-state index contributed by atoms with van der Waals surface area (Å²) in [4.78, 5) is 4.78. The van der Waals surface area contributed by atoms with Crippen molar-refractivity contribution in [2.75, 3.05) is 40.8 Å². The number of para-hydroxylation sites is 1. The molecule has 0 radical (unpaired) electrons. The molecule has 1 aliphatic heterocycles. The summed E-state index contributed by atoms with van der Waals surface area (Å²) in [7, 11) is 6.02. The van der Waals surface area contributed by atoms with E-state index in [1.165, 1.54) is 0 Å². The highest BCUT2D eigenvalue weighted by molar-refractivity contribution is 5.35. The van der Waals surface area contributed by atoms with E-state index in [9.17, 15) is 0 Å². The van der Waals surface area contributed by atoms with Gasteiger partial charge in [-0.2, -0.15) is 0 Å². The Hall–Kier alpha value is -1.10. The number of methoxy groups -OCH3 is 1. The minimum Gasteiger partial charge on any atom is -0.496 e. The van der Waals surface area contributed by atoms with Crippen LogP contribution in [0.1, 0.15) is 18.5 Å². The second-order valence-electron chi connectivity index (χ2n) is 6.08. The average molecular weight is 277 g/mol. The van der Waals surface area contributed by atoms with Gasteiger partial charge in [0.25, 0.3) is 0 Å². The summed E-state index contributed by atoms with van der Waals surface area (Å²) >= 11 is 0. The molecule has 0 amide bonds. The molecule has 1 fully saturated rings. The van der Waals surface area contributed by atoms with Crippen molar-refractivity contribution in [3.05, 3.63) is 29.8 Å². The van der Waals surface area contributed by atoms with E-state index >= 15 is 0 Å². The second kappa shape index (κ2) is 6.57. The van der Waals surface area contributed by atoms with Crippen molar-refractivity contribution >= 4 is 0 Å². The van der Waals surface area contributed by atoms with E-state index in [-0.39, 0.29) is 6.04 Å². The third-order valence-electron chi connectivity index (χ3n) is 4.30. The van der Waals surface area contributed by atoms with E-state index in [4.69, 9.17) is 10.5 Å². The molecule has 1 aromatic carbocycles. The Balaban J connectivity index is 2.00. The minimum atomic E-state index is -0.000683. The molecule has 0 aromatic heterocycles. The molecule has 0 aliphatic carbocycles. The molecule has 1 heterocycles. The van der Waals surface area contributed by atoms with Gasteiger partial charge in [-0.15, -0.1) is 0 Å². The van der Waals surface area contributed by atoms with Gasteiger partial charge in [0.15, 0.2) is 0 Å². The lowest BCUT2D eigenvalue weighted by molar-refractivity contribution is 0.248. The Kier molecular flexibility index (Phi) is 5.02. The molecule has 4 nitrogen and oxygen atoms in total. The van der Waals surface area contributed by atoms with Crippen molar-refractivity contribution in [1.29, 1.82) is 0 Å². The first-order valence-electron chi connectivity index (χ1n) is 7.30. The van der Waals surface area contributed by atoms with E-state index in [0.29, 0.717) is 12.0 Å². The predicted molar refractivity (Wildman–Crippen MR) is 83.0 cm³/mol. The van der Waals surface area contributed by atoms with Crippen LogP contribution in [-0.2, 0) is 0 Å². The first-order chi connectivity index (χ1) is 9.52. The molecule has 4 heteroatoms. The lowest BCUT2D eigenvalue weighted by Gasteiger charge is -2.24. The van der Waals surface area contributed by atoms with E-state index in [2.05, 4.69) is 36.9 Å². The number of nitrogens with zero attached hydrogens (tertiary/aromatic N) is 2. The smallest absolute Gasteiger partial charge is 0.123 e. The summed E-state index contributed by atoms with van der Waals surface area (Å²) in [5.74, 6) is 1.58. The van der Waals surface area contributed by atoms with Crippen LogP contribution in [0.15, 0.2) is 24.3 Å². The summed E-state index contributed by atoms with van der Waals surface area (Å²) in [5, 5.41) is 0. The molecule has 1 aromatic rings. The van der Waals surface area contributed by atoms with Crippen molar-refractivity contribution in [1.82, 2.24) is 9.80 Å². The first kappa shape index (κ1) is 15.3. The molecule has 3 atom stereocenters. The highest BCUT2D eigenvalue weighted by Gasteiger charge is 2.31. The fourth-order valence-electron chi connectivity index (χ4n) is 3.22. The molecular formula is C16H27N3O. The monoisotopic (exact) mass is 277 g/mol. The van der Waals surface area contributed by atoms with E-state index < -0.39 is 0 Å². The van der Waals surface area contributed by atoms with Gasteiger partial charge in [-0.3, -0.25) is 4.90 Å². The number of hydrogen-bond acceptors (Lipinski definition) is 4. The van der Waals surface area contributed by atoms with Gasteiger partial charge in [0, 0.05) is 37.3 Å². The standard InChI is InChI=1S/C16H27N3O/c1-12-9-19(11-15(12)18(2)3)10-14(17)13-7-5-6-8-16(13)20-4/h5-8,12,14-15H,9-11,17H2,1-4H3. The van der Waals surface area contributed by atoms with Crippen LogP contribution in [0.5, 0.6) is 5.75 Å². The number of nitrogens with two attached hydrogens (primary N) is 1. The maximum Gasteiger partial charge on any atom is 0.123 e. The predicted octanol–water partition coefficient (Wildman–Crippen LogP) is 1.58. The average Bonchev–Trinajstić information content (AvgIpc) is 2.79. The number of likely N-dealkylation sites (N-methyl/N-ethyl adjacent to an activating group) is 1. The summed E-state index contributed by atoms with van der Waals surface area (Å²) < 4.78 is 5.40. The summed E-state index contributed by atoms with van der Waals surface area (Å²) in [6.45, 7) is 5.41. The van der Waals surface area contributed by atoms with Crippen LogP contribution in [0.4, 0.5) is 0 Å². The summed E-state index contributed by atoms with van der Waals surface area (Å²) in [6.07, 6.45) is 0. The molecular weight excluding hydrogens is 250 g/mol. The van der Waals surface area contributed by atoms with Gasteiger partial charge in [0.1, 0.15) is 5.75 Å². The Labute approximate surface area is 122 Å². The normalized spacial score (nSPS) is 25.1. The summed E-state index contributed by atoms with van der Waals surface area (Å²) in [5.41, 5.74) is 7.48. The van der Waals surface area contributed by atoms with E-state index in [1.807, 2.05) is 18.2 Å². The van der Waals surface area contributed by atoms with Gasteiger partial charge in [-0.1, -0.05) is 25.1 Å².